The molecular weight excluding hydrogens is 304 g/mol. The second kappa shape index (κ2) is 5.80. The van der Waals surface area contributed by atoms with E-state index in [1.54, 1.807) is 0 Å². The van der Waals surface area contributed by atoms with Crippen molar-refractivity contribution in [1.29, 1.82) is 0 Å². The van der Waals surface area contributed by atoms with Crippen molar-refractivity contribution < 1.29 is 14.7 Å². The summed E-state index contributed by atoms with van der Waals surface area (Å²) < 4.78 is 0. The Morgan fingerprint density at radius 3 is 2.50 bits per heavy atom. The molecule has 3 N–H and O–H groups in total. The summed E-state index contributed by atoms with van der Waals surface area (Å²) in [7, 11) is 0. The summed E-state index contributed by atoms with van der Waals surface area (Å²) in [4.78, 5) is 23.4. The molecule has 24 heavy (non-hydrogen) atoms. The van der Waals surface area contributed by atoms with Crippen LogP contribution in [0.4, 0.5) is 4.79 Å². The van der Waals surface area contributed by atoms with Crippen molar-refractivity contribution >= 4 is 12.0 Å². The lowest BCUT2D eigenvalue weighted by molar-refractivity contribution is -0.147. The second-order valence-electron chi connectivity index (χ2n) is 7.69. The summed E-state index contributed by atoms with van der Waals surface area (Å²) >= 11 is 0. The fourth-order valence-electron chi connectivity index (χ4n) is 4.72. The van der Waals surface area contributed by atoms with E-state index in [0.717, 1.165) is 25.7 Å². The minimum Gasteiger partial charge on any atom is -0.481 e. The minimum absolute atomic E-state index is 0.0371. The number of carbonyl (C=O) groups is 2. The zero-order chi connectivity index (χ0) is 16.7. The van der Waals surface area contributed by atoms with Gasteiger partial charge in [0.15, 0.2) is 0 Å². The van der Waals surface area contributed by atoms with Crippen LogP contribution in [0.3, 0.4) is 0 Å². The molecule has 0 aromatic heterocycles. The molecule has 3 aliphatic rings. The molecule has 4 rings (SSSR count). The Balaban J connectivity index is 1.27. The monoisotopic (exact) mass is 328 g/mol. The number of fused-ring (bicyclic) bond motifs is 1. The second-order valence-corrected chi connectivity index (χ2v) is 7.69. The predicted octanol–water partition coefficient (Wildman–Crippen LogP) is 2.56. The molecular formula is C19H24N2O3. The third-order valence-electron chi connectivity index (χ3n) is 6.26. The zero-order valence-corrected chi connectivity index (χ0v) is 13.7. The Kier molecular flexibility index (Phi) is 3.74. The van der Waals surface area contributed by atoms with Gasteiger partial charge in [0, 0.05) is 12.1 Å². The van der Waals surface area contributed by atoms with Gasteiger partial charge in [-0.2, -0.15) is 0 Å². The number of carboxylic acids is 1. The summed E-state index contributed by atoms with van der Waals surface area (Å²) in [5.74, 6) is -0.0762. The van der Waals surface area contributed by atoms with Gasteiger partial charge in [0.1, 0.15) is 0 Å². The molecule has 0 aliphatic heterocycles. The summed E-state index contributed by atoms with van der Waals surface area (Å²) in [5, 5.41) is 15.3. The largest absolute Gasteiger partial charge is 0.481 e. The number of aliphatic carboxylic acids is 1. The molecule has 5 heteroatoms. The maximum Gasteiger partial charge on any atom is 0.315 e. The summed E-state index contributed by atoms with van der Waals surface area (Å²) in [6.07, 6.45) is 5.62. The van der Waals surface area contributed by atoms with Crippen LogP contribution in [-0.2, 0) is 11.2 Å². The Hall–Kier alpha value is -2.04. The van der Waals surface area contributed by atoms with Crippen LogP contribution in [0.1, 0.15) is 37.7 Å². The maximum absolute atomic E-state index is 12.3. The van der Waals surface area contributed by atoms with Gasteiger partial charge in [-0.15, -0.1) is 0 Å². The Labute approximate surface area is 141 Å². The van der Waals surface area contributed by atoms with Crippen LogP contribution in [0.5, 0.6) is 0 Å². The molecule has 3 aliphatic carbocycles. The molecule has 1 aromatic carbocycles. The molecule has 1 aromatic rings. The predicted molar refractivity (Wildman–Crippen MR) is 89.5 cm³/mol. The molecule has 0 saturated heterocycles. The fraction of sp³-hybridized carbons (Fsp3) is 0.579. The molecule has 0 radical (unpaired) electrons. The third-order valence-corrected chi connectivity index (χ3v) is 6.26. The van der Waals surface area contributed by atoms with Crippen LogP contribution in [0, 0.1) is 17.3 Å². The molecule has 128 valence electrons. The van der Waals surface area contributed by atoms with Crippen LogP contribution in [0.2, 0.25) is 0 Å². The van der Waals surface area contributed by atoms with Crippen molar-refractivity contribution in [1.82, 2.24) is 10.6 Å². The Bertz CT molecular complexity index is 647. The van der Waals surface area contributed by atoms with Gasteiger partial charge in [0.2, 0.25) is 0 Å². The summed E-state index contributed by atoms with van der Waals surface area (Å²) in [6, 6.07) is 10.5. The van der Waals surface area contributed by atoms with E-state index in [4.69, 9.17) is 5.11 Å². The first-order valence-corrected chi connectivity index (χ1v) is 8.93. The summed E-state index contributed by atoms with van der Waals surface area (Å²) in [5.41, 5.74) is 0.807. The zero-order valence-electron chi connectivity index (χ0n) is 13.7. The van der Waals surface area contributed by atoms with Gasteiger partial charge >= 0.3 is 12.0 Å². The first kappa shape index (κ1) is 15.5. The number of urea groups is 1. The molecule has 2 unspecified atom stereocenters. The average Bonchev–Trinajstić information content (AvgIpc) is 2.96. The molecule has 0 bridgehead atoms. The molecule has 0 heterocycles. The number of benzene rings is 1. The van der Waals surface area contributed by atoms with Gasteiger partial charge in [0.25, 0.3) is 0 Å². The number of carboxylic acid groups (broad SMARTS) is 1. The van der Waals surface area contributed by atoms with Crippen LogP contribution < -0.4 is 10.6 Å². The minimum atomic E-state index is -0.704. The summed E-state index contributed by atoms with van der Waals surface area (Å²) in [6.45, 7) is 0. The highest BCUT2D eigenvalue weighted by molar-refractivity contribution is 5.82. The van der Waals surface area contributed by atoms with E-state index >= 15 is 0 Å². The highest BCUT2D eigenvalue weighted by Gasteiger charge is 2.72. The number of amides is 2. The lowest BCUT2D eigenvalue weighted by atomic mass is 9.80. The number of hydrogen-bond donors (Lipinski definition) is 3. The highest BCUT2D eigenvalue weighted by Crippen LogP contribution is 2.67. The quantitative estimate of drug-likeness (QED) is 0.777. The SMILES string of the molecule is O=C(NC1CCCC1Cc1ccccc1)N[C@H]1C[C@@]2(C(=O)O)C[C@@H]12. The van der Waals surface area contributed by atoms with E-state index in [9.17, 15) is 9.59 Å². The highest BCUT2D eigenvalue weighted by atomic mass is 16.4. The van der Waals surface area contributed by atoms with Gasteiger partial charge < -0.3 is 15.7 Å². The van der Waals surface area contributed by atoms with E-state index in [1.807, 2.05) is 6.07 Å². The average molecular weight is 328 g/mol. The van der Waals surface area contributed by atoms with Crippen LogP contribution in [-0.4, -0.2) is 29.2 Å². The molecule has 5 nitrogen and oxygen atoms in total. The molecule has 3 saturated carbocycles. The molecule has 0 spiro atoms. The molecule has 2 amide bonds. The van der Waals surface area contributed by atoms with Crippen molar-refractivity contribution in [2.75, 3.05) is 0 Å². The normalized spacial score (nSPS) is 36.3. The van der Waals surface area contributed by atoms with Crippen molar-refractivity contribution in [2.45, 2.75) is 50.6 Å². The van der Waals surface area contributed by atoms with Crippen LogP contribution in [0.15, 0.2) is 30.3 Å². The number of hydrogen-bond acceptors (Lipinski definition) is 2. The molecule has 5 atom stereocenters. The van der Waals surface area contributed by atoms with Crippen molar-refractivity contribution in [3.63, 3.8) is 0 Å². The van der Waals surface area contributed by atoms with E-state index in [0.29, 0.717) is 18.8 Å². The van der Waals surface area contributed by atoms with Gasteiger partial charge in [-0.25, -0.2) is 4.79 Å². The topological polar surface area (TPSA) is 78.4 Å². The van der Waals surface area contributed by atoms with Gasteiger partial charge in [-0.3, -0.25) is 4.79 Å². The Morgan fingerprint density at radius 1 is 1.08 bits per heavy atom. The van der Waals surface area contributed by atoms with Gasteiger partial charge in [-0.1, -0.05) is 36.8 Å². The van der Waals surface area contributed by atoms with E-state index in [-0.39, 0.29) is 24.0 Å². The Morgan fingerprint density at radius 2 is 1.83 bits per heavy atom. The first-order valence-electron chi connectivity index (χ1n) is 8.93. The third kappa shape index (κ3) is 2.66. The fourth-order valence-corrected chi connectivity index (χ4v) is 4.72. The number of rotatable bonds is 5. The lowest BCUT2D eigenvalue weighted by Crippen LogP contribution is -2.53. The maximum atomic E-state index is 12.3. The lowest BCUT2D eigenvalue weighted by Gasteiger charge is -2.33. The van der Waals surface area contributed by atoms with E-state index in [1.165, 1.54) is 5.56 Å². The smallest absolute Gasteiger partial charge is 0.315 e. The standard InChI is InChI=1S/C19H24N2O3/c22-17(23)19-10-14(19)16(11-19)21-18(24)20-15-8-4-7-13(15)9-12-5-2-1-3-6-12/h1-3,5-6,13-16H,4,7-11H2,(H,22,23)(H2,20,21,24)/t13?,14-,15?,16-,19-/m0/s1. The first-order chi connectivity index (χ1) is 11.6. The van der Waals surface area contributed by atoms with Gasteiger partial charge in [-0.05, 0) is 49.5 Å². The van der Waals surface area contributed by atoms with Crippen molar-refractivity contribution in [2.24, 2.45) is 17.3 Å². The van der Waals surface area contributed by atoms with Gasteiger partial charge in [0.05, 0.1) is 5.41 Å². The van der Waals surface area contributed by atoms with Crippen LogP contribution in [0.25, 0.3) is 0 Å². The van der Waals surface area contributed by atoms with Crippen molar-refractivity contribution in [3.8, 4) is 0 Å². The molecule has 3 fully saturated rings. The number of nitrogens with one attached hydrogen (secondary N) is 2. The van der Waals surface area contributed by atoms with E-state index < -0.39 is 11.4 Å². The number of carbonyl (C=O) groups excluding carboxylic acids is 1. The van der Waals surface area contributed by atoms with Crippen molar-refractivity contribution in [3.05, 3.63) is 35.9 Å². The van der Waals surface area contributed by atoms with E-state index in [2.05, 4.69) is 34.9 Å². The van der Waals surface area contributed by atoms with Crippen LogP contribution >= 0.6 is 0 Å².